The largest absolute Gasteiger partial charge is 0.316 e. The van der Waals surface area contributed by atoms with Gasteiger partial charge in [-0.15, -0.1) is 0 Å². The summed E-state index contributed by atoms with van der Waals surface area (Å²) in [5.74, 6) is 0.498. The molecule has 0 spiro atoms. The topological polar surface area (TPSA) is 83.0 Å². The Morgan fingerprint density at radius 2 is 1.93 bits per heavy atom. The fourth-order valence-electron chi connectivity index (χ4n) is 3.13. The van der Waals surface area contributed by atoms with Crippen LogP contribution in [0, 0.1) is 16.5 Å². The number of H-pyrrole nitrogens is 2. The van der Waals surface area contributed by atoms with Gasteiger partial charge in [-0.25, -0.2) is 9.37 Å². The molecular formula is C21H19FN4O2. The van der Waals surface area contributed by atoms with Gasteiger partial charge in [-0.1, -0.05) is 45.1 Å². The van der Waals surface area contributed by atoms with Crippen LogP contribution in [0.5, 0.6) is 0 Å². The molecule has 6 nitrogen and oxygen atoms in total. The van der Waals surface area contributed by atoms with Crippen molar-refractivity contribution in [2.75, 3.05) is 0 Å². The van der Waals surface area contributed by atoms with Gasteiger partial charge in [-0.2, -0.15) is 0 Å². The zero-order valence-corrected chi connectivity index (χ0v) is 15.7. The Labute approximate surface area is 158 Å². The summed E-state index contributed by atoms with van der Waals surface area (Å²) < 4.78 is 15.0. The maximum absolute atomic E-state index is 13.2. The maximum Gasteiger partial charge on any atom is 0.274 e. The third kappa shape index (κ3) is 3.05. The quantitative estimate of drug-likeness (QED) is 0.560. The summed E-state index contributed by atoms with van der Waals surface area (Å²) in [5.41, 5.74) is 0.341. The van der Waals surface area contributed by atoms with Crippen molar-refractivity contribution >= 4 is 17.7 Å². The predicted octanol–water partition coefficient (Wildman–Crippen LogP) is 2.09. The third-order valence-corrected chi connectivity index (χ3v) is 4.46. The standard InChI is InChI=1S/C21H19FN4O2/c1-21(2,3)20-24-15-11-26(20)17(15)16-19(28)23-14(18(27)25-16)9-5-7-12-6-4-8-13(22)10-12/h4-11H,1-3H3,(H,23,28)(H,25,27)/b7-5+,14-9-,17-16-. The van der Waals surface area contributed by atoms with Crippen molar-refractivity contribution in [3.05, 3.63) is 90.5 Å². The number of imidazole rings is 2. The third-order valence-electron chi connectivity index (χ3n) is 4.46. The molecule has 0 saturated heterocycles. The lowest BCUT2D eigenvalue weighted by Crippen LogP contribution is -2.37. The first-order valence-electron chi connectivity index (χ1n) is 8.85. The Hall–Kier alpha value is -3.48. The van der Waals surface area contributed by atoms with Gasteiger partial charge in [0.1, 0.15) is 33.2 Å². The average molecular weight is 378 g/mol. The van der Waals surface area contributed by atoms with Gasteiger partial charge in [0, 0.05) is 11.6 Å². The summed E-state index contributed by atoms with van der Waals surface area (Å²) in [4.78, 5) is 34.7. The average Bonchev–Trinajstić information content (AvgIpc) is 3.19. The summed E-state index contributed by atoms with van der Waals surface area (Å²) in [6.45, 7) is 6.11. The van der Waals surface area contributed by atoms with Crippen LogP contribution in [0.15, 0.2) is 46.1 Å². The number of halogens is 1. The minimum Gasteiger partial charge on any atom is -0.316 e. The van der Waals surface area contributed by atoms with Crippen molar-refractivity contribution in [2.45, 2.75) is 26.2 Å². The molecule has 0 unspecified atom stereocenters. The molecular weight excluding hydrogens is 359 g/mol. The Balaban J connectivity index is 1.82. The second-order valence-corrected chi connectivity index (χ2v) is 7.70. The number of nitrogens with zero attached hydrogens (tertiary/aromatic N) is 2. The number of benzene rings is 1. The van der Waals surface area contributed by atoms with Crippen LogP contribution in [0.25, 0.3) is 17.7 Å². The van der Waals surface area contributed by atoms with Gasteiger partial charge in [0.15, 0.2) is 0 Å². The number of fused-ring (bicyclic) bond motifs is 1. The molecule has 0 radical (unpaired) electrons. The minimum absolute atomic E-state index is 0.120. The van der Waals surface area contributed by atoms with Crippen LogP contribution in [0.3, 0.4) is 0 Å². The van der Waals surface area contributed by atoms with Gasteiger partial charge in [0.25, 0.3) is 11.1 Å². The number of aromatic nitrogens is 4. The SMILES string of the molecule is CC(C)(C)c1nc2cn1/c2=c1\[nH]c(=O)/c(=C/C=C/c2cccc(F)c2)[nH]c1=O. The highest BCUT2D eigenvalue weighted by Crippen LogP contribution is 2.25. The van der Waals surface area contributed by atoms with E-state index in [1.807, 2.05) is 31.4 Å². The van der Waals surface area contributed by atoms with Crippen LogP contribution in [0.4, 0.5) is 4.39 Å². The van der Waals surface area contributed by atoms with Gasteiger partial charge >= 0.3 is 0 Å². The van der Waals surface area contributed by atoms with Crippen LogP contribution in [-0.4, -0.2) is 19.4 Å². The Kier molecular flexibility index (Phi) is 4.03. The van der Waals surface area contributed by atoms with E-state index in [1.165, 1.54) is 18.2 Å². The second kappa shape index (κ2) is 6.30. The lowest BCUT2D eigenvalue weighted by atomic mass is 9.96. The summed E-state index contributed by atoms with van der Waals surface area (Å²) in [7, 11) is 0. The van der Waals surface area contributed by atoms with Gasteiger partial charge < -0.3 is 9.97 Å². The molecule has 5 aromatic rings. The van der Waals surface area contributed by atoms with Gasteiger partial charge in [0.2, 0.25) is 0 Å². The van der Waals surface area contributed by atoms with Crippen LogP contribution in [0.2, 0.25) is 0 Å². The number of allylic oxidation sites excluding steroid dienone is 1. The molecule has 4 heterocycles. The molecule has 0 aliphatic heterocycles. The molecule has 2 bridgehead atoms. The molecule has 0 fully saturated rings. The molecule has 0 saturated carbocycles. The van der Waals surface area contributed by atoms with Crippen molar-refractivity contribution < 1.29 is 4.39 Å². The Morgan fingerprint density at radius 3 is 2.61 bits per heavy atom. The van der Waals surface area contributed by atoms with E-state index in [0.717, 1.165) is 5.82 Å². The van der Waals surface area contributed by atoms with Crippen LogP contribution >= 0.6 is 0 Å². The molecule has 0 amide bonds. The zero-order chi connectivity index (χ0) is 20.1. The van der Waals surface area contributed by atoms with Gasteiger partial charge in [-0.05, 0) is 23.8 Å². The first-order chi connectivity index (χ1) is 13.2. The Morgan fingerprint density at radius 1 is 1.14 bits per heavy atom. The fourth-order valence-corrected chi connectivity index (χ4v) is 3.13. The smallest absolute Gasteiger partial charge is 0.274 e. The molecule has 4 aromatic heterocycles. The van der Waals surface area contributed by atoms with Crippen molar-refractivity contribution in [1.29, 1.82) is 0 Å². The number of rotatable bonds is 2. The number of nitrogens with one attached hydrogen (secondary N) is 2. The van der Waals surface area contributed by atoms with Gasteiger partial charge in [-0.3, -0.25) is 14.0 Å². The summed E-state index contributed by atoms with van der Waals surface area (Å²) in [5, 5.41) is 0.927. The lowest BCUT2D eigenvalue weighted by molar-refractivity contribution is 0.543. The first-order valence-corrected chi connectivity index (χ1v) is 8.85. The molecule has 0 atom stereocenters. The van der Waals surface area contributed by atoms with Crippen molar-refractivity contribution in [1.82, 2.24) is 19.4 Å². The fraction of sp³-hybridized carbons (Fsp3) is 0.190. The van der Waals surface area contributed by atoms with E-state index in [0.29, 0.717) is 16.4 Å². The lowest BCUT2D eigenvalue weighted by Gasteiger charge is -2.15. The molecule has 2 N–H and O–H groups in total. The van der Waals surface area contributed by atoms with Crippen molar-refractivity contribution in [3.63, 3.8) is 0 Å². The van der Waals surface area contributed by atoms with Crippen molar-refractivity contribution in [2.24, 2.45) is 0 Å². The monoisotopic (exact) mass is 378 g/mol. The van der Waals surface area contributed by atoms with E-state index in [9.17, 15) is 14.0 Å². The number of hydrogen-bond acceptors (Lipinski definition) is 3. The molecule has 0 aliphatic rings. The molecule has 28 heavy (non-hydrogen) atoms. The molecule has 1 aromatic carbocycles. The van der Waals surface area contributed by atoms with E-state index < -0.39 is 11.1 Å². The maximum atomic E-state index is 13.2. The summed E-state index contributed by atoms with van der Waals surface area (Å²) in [6.07, 6.45) is 6.55. The van der Waals surface area contributed by atoms with E-state index in [2.05, 4.69) is 15.0 Å². The van der Waals surface area contributed by atoms with Gasteiger partial charge in [0.05, 0.1) is 0 Å². The van der Waals surface area contributed by atoms with E-state index >= 15 is 0 Å². The molecule has 5 rings (SSSR count). The zero-order valence-electron chi connectivity index (χ0n) is 15.7. The first kappa shape index (κ1) is 17.9. The minimum atomic E-state index is -0.420. The number of hydrogen-bond donors (Lipinski definition) is 2. The second-order valence-electron chi connectivity index (χ2n) is 7.70. The van der Waals surface area contributed by atoms with Crippen LogP contribution in [0.1, 0.15) is 32.2 Å². The van der Waals surface area contributed by atoms with E-state index in [4.69, 9.17) is 0 Å². The molecule has 0 aliphatic carbocycles. The van der Waals surface area contributed by atoms with E-state index in [1.54, 1.807) is 24.3 Å². The Bertz CT molecular complexity index is 1450. The van der Waals surface area contributed by atoms with Crippen molar-refractivity contribution in [3.8, 4) is 0 Å². The number of aromatic amines is 2. The normalized spacial score (nSPS) is 14.6. The highest BCUT2D eigenvalue weighted by Gasteiger charge is 2.24. The summed E-state index contributed by atoms with van der Waals surface area (Å²) >= 11 is 0. The predicted molar refractivity (Wildman–Crippen MR) is 106 cm³/mol. The van der Waals surface area contributed by atoms with Crippen LogP contribution < -0.4 is 16.5 Å². The molecule has 142 valence electrons. The highest BCUT2D eigenvalue weighted by molar-refractivity contribution is 5.57. The molecule has 7 heteroatoms. The summed E-state index contributed by atoms with van der Waals surface area (Å²) in [6, 6.07) is 6.06. The highest BCUT2D eigenvalue weighted by atomic mass is 19.1. The van der Waals surface area contributed by atoms with Crippen LogP contribution in [-0.2, 0) is 5.41 Å². The van der Waals surface area contributed by atoms with E-state index in [-0.39, 0.29) is 21.9 Å².